The zero-order valence-electron chi connectivity index (χ0n) is 10.4. The average Bonchev–Trinajstić information content (AvgIpc) is 2.33. The molecular formula is C13H15BrFNO2. The van der Waals surface area contributed by atoms with Gasteiger partial charge in [0, 0.05) is 6.61 Å². The SMILES string of the molecule is CC(C)COCCOc1ccc(C#N)c(Br)c1F. The Morgan fingerprint density at radius 3 is 2.72 bits per heavy atom. The monoisotopic (exact) mass is 315 g/mol. The van der Waals surface area contributed by atoms with Crippen LogP contribution in [0.2, 0.25) is 0 Å². The van der Waals surface area contributed by atoms with E-state index in [0.717, 1.165) is 0 Å². The van der Waals surface area contributed by atoms with Gasteiger partial charge in [-0.2, -0.15) is 5.26 Å². The molecule has 0 atom stereocenters. The Bertz CT molecular complexity index is 443. The van der Waals surface area contributed by atoms with Crippen molar-refractivity contribution >= 4 is 15.9 Å². The van der Waals surface area contributed by atoms with Crippen molar-refractivity contribution < 1.29 is 13.9 Å². The van der Waals surface area contributed by atoms with E-state index in [0.29, 0.717) is 19.1 Å². The summed E-state index contributed by atoms with van der Waals surface area (Å²) in [5, 5.41) is 8.72. The largest absolute Gasteiger partial charge is 0.488 e. The van der Waals surface area contributed by atoms with Crippen molar-refractivity contribution in [3.8, 4) is 11.8 Å². The molecule has 3 nitrogen and oxygen atoms in total. The summed E-state index contributed by atoms with van der Waals surface area (Å²) in [5.41, 5.74) is 0.246. The molecule has 5 heteroatoms. The van der Waals surface area contributed by atoms with Gasteiger partial charge in [-0.25, -0.2) is 4.39 Å². The molecule has 1 aromatic rings. The molecule has 0 aliphatic carbocycles. The lowest BCUT2D eigenvalue weighted by molar-refractivity contribution is 0.0807. The van der Waals surface area contributed by atoms with Crippen LogP contribution in [0, 0.1) is 23.1 Å². The van der Waals surface area contributed by atoms with Crippen LogP contribution in [-0.2, 0) is 4.74 Å². The van der Waals surface area contributed by atoms with Crippen molar-refractivity contribution in [3.63, 3.8) is 0 Å². The minimum absolute atomic E-state index is 0.119. The minimum atomic E-state index is -0.557. The first-order valence-electron chi connectivity index (χ1n) is 5.65. The van der Waals surface area contributed by atoms with E-state index < -0.39 is 5.82 Å². The van der Waals surface area contributed by atoms with E-state index in [1.54, 1.807) is 0 Å². The first-order chi connectivity index (χ1) is 8.56. The van der Waals surface area contributed by atoms with E-state index in [9.17, 15) is 4.39 Å². The van der Waals surface area contributed by atoms with Crippen LogP contribution in [0.25, 0.3) is 0 Å². The van der Waals surface area contributed by atoms with Gasteiger partial charge >= 0.3 is 0 Å². The van der Waals surface area contributed by atoms with Crippen LogP contribution in [0.4, 0.5) is 4.39 Å². The summed E-state index contributed by atoms with van der Waals surface area (Å²) in [4.78, 5) is 0. The second-order valence-electron chi connectivity index (χ2n) is 4.17. The Morgan fingerprint density at radius 2 is 2.11 bits per heavy atom. The smallest absolute Gasteiger partial charge is 0.180 e. The van der Waals surface area contributed by atoms with Crippen molar-refractivity contribution in [2.24, 2.45) is 5.92 Å². The third-order valence-corrected chi connectivity index (χ3v) is 2.88. The number of rotatable bonds is 6. The number of hydrogen-bond acceptors (Lipinski definition) is 3. The third-order valence-electron chi connectivity index (χ3n) is 2.10. The Kier molecular flexibility index (Phi) is 6.10. The predicted molar refractivity (Wildman–Crippen MR) is 70.0 cm³/mol. The van der Waals surface area contributed by atoms with Crippen LogP contribution in [0.15, 0.2) is 16.6 Å². The molecule has 0 unspecified atom stereocenters. The summed E-state index contributed by atoms with van der Waals surface area (Å²) >= 11 is 3.02. The van der Waals surface area contributed by atoms with Crippen LogP contribution in [-0.4, -0.2) is 19.8 Å². The molecule has 0 radical (unpaired) electrons. The van der Waals surface area contributed by atoms with Gasteiger partial charge in [0.05, 0.1) is 16.6 Å². The lowest BCUT2D eigenvalue weighted by Crippen LogP contribution is -2.10. The van der Waals surface area contributed by atoms with Crippen molar-refractivity contribution in [1.82, 2.24) is 0 Å². The quantitative estimate of drug-likeness (QED) is 0.754. The van der Waals surface area contributed by atoms with E-state index in [1.165, 1.54) is 12.1 Å². The molecule has 0 bridgehead atoms. The maximum absolute atomic E-state index is 13.7. The molecular weight excluding hydrogens is 301 g/mol. The molecule has 0 fully saturated rings. The molecule has 0 heterocycles. The fraction of sp³-hybridized carbons (Fsp3) is 0.462. The highest BCUT2D eigenvalue weighted by molar-refractivity contribution is 9.10. The molecule has 18 heavy (non-hydrogen) atoms. The van der Waals surface area contributed by atoms with Gasteiger partial charge in [0.2, 0.25) is 0 Å². The summed E-state index contributed by atoms with van der Waals surface area (Å²) in [6, 6.07) is 4.84. The molecule has 0 saturated heterocycles. The van der Waals surface area contributed by atoms with Gasteiger partial charge in [-0.05, 0) is 34.0 Å². The fourth-order valence-corrected chi connectivity index (χ4v) is 1.68. The number of ether oxygens (including phenoxy) is 2. The van der Waals surface area contributed by atoms with Crippen molar-refractivity contribution in [2.75, 3.05) is 19.8 Å². The van der Waals surface area contributed by atoms with Crippen LogP contribution in [0.1, 0.15) is 19.4 Å². The summed E-state index contributed by atoms with van der Waals surface area (Å²) in [6.07, 6.45) is 0. The second kappa shape index (κ2) is 7.34. The van der Waals surface area contributed by atoms with Crippen molar-refractivity contribution in [1.29, 1.82) is 5.26 Å². The Hall–Kier alpha value is -1.12. The molecule has 0 saturated carbocycles. The lowest BCUT2D eigenvalue weighted by Gasteiger charge is -2.10. The third kappa shape index (κ3) is 4.28. The number of nitriles is 1. The van der Waals surface area contributed by atoms with E-state index >= 15 is 0 Å². The Morgan fingerprint density at radius 1 is 1.39 bits per heavy atom. The molecule has 0 aliphatic rings. The van der Waals surface area contributed by atoms with E-state index in [-0.39, 0.29) is 22.4 Å². The fourth-order valence-electron chi connectivity index (χ4n) is 1.26. The summed E-state index contributed by atoms with van der Waals surface area (Å²) in [7, 11) is 0. The molecule has 98 valence electrons. The number of hydrogen-bond donors (Lipinski definition) is 0. The van der Waals surface area contributed by atoms with Crippen LogP contribution < -0.4 is 4.74 Å². The molecule has 0 aromatic heterocycles. The molecule has 0 amide bonds. The van der Waals surface area contributed by atoms with Gasteiger partial charge in [-0.3, -0.25) is 0 Å². The first-order valence-corrected chi connectivity index (χ1v) is 6.44. The van der Waals surface area contributed by atoms with Gasteiger partial charge in [-0.15, -0.1) is 0 Å². The molecule has 0 spiro atoms. The van der Waals surface area contributed by atoms with Crippen molar-refractivity contribution in [2.45, 2.75) is 13.8 Å². The molecule has 1 aromatic carbocycles. The van der Waals surface area contributed by atoms with Crippen LogP contribution in [0.3, 0.4) is 0 Å². The van der Waals surface area contributed by atoms with E-state index in [2.05, 4.69) is 29.8 Å². The highest BCUT2D eigenvalue weighted by atomic mass is 79.9. The Labute approximate surface area is 115 Å². The van der Waals surface area contributed by atoms with Gasteiger partial charge in [0.25, 0.3) is 0 Å². The van der Waals surface area contributed by atoms with E-state index in [1.807, 2.05) is 6.07 Å². The number of halogens is 2. The Balaban J connectivity index is 2.49. The standard InChI is InChI=1S/C13H15BrFNO2/c1-9(2)8-17-5-6-18-11-4-3-10(7-16)12(14)13(11)15/h3-4,9H,5-6,8H2,1-2H3. The van der Waals surface area contributed by atoms with Gasteiger partial charge in [0.1, 0.15) is 12.7 Å². The number of nitrogens with zero attached hydrogens (tertiary/aromatic N) is 1. The van der Waals surface area contributed by atoms with Crippen molar-refractivity contribution in [3.05, 3.63) is 28.0 Å². The summed E-state index contributed by atoms with van der Waals surface area (Å²) < 4.78 is 24.4. The highest BCUT2D eigenvalue weighted by Crippen LogP contribution is 2.28. The lowest BCUT2D eigenvalue weighted by atomic mass is 10.2. The van der Waals surface area contributed by atoms with Gasteiger partial charge in [-0.1, -0.05) is 13.8 Å². The second-order valence-corrected chi connectivity index (χ2v) is 4.96. The van der Waals surface area contributed by atoms with Crippen LogP contribution >= 0.6 is 15.9 Å². The van der Waals surface area contributed by atoms with Gasteiger partial charge in [0.15, 0.2) is 11.6 Å². The minimum Gasteiger partial charge on any atom is -0.488 e. The highest BCUT2D eigenvalue weighted by Gasteiger charge is 2.11. The topological polar surface area (TPSA) is 42.2 Å². The predicted octanol–water partition coefficient (Wildman–Crippen LogP) is 3.51. The normalized spacial score (nSPS) is 10.4. The maximum atomic E-state index is 13.7. The van der Waals surface area contributed by atoms with Crippen LogP contribution in [0.5, 0.6) is 5.75 Å². The first kappa shape index (κ1) is 14.9. The van der Waals surface area contributed by atoms with E-state index in [4.69, 9.17) is 14.7 Å². The number of benzene rings is 1. The summed E-state index contributed by atoms with van der Waals surface area (Å²) in [6.45, 7) is 5.45. The molecule has 0 aliphatic heterocycles. The zero-order chi connectivity index (χ0) is 13.5. The average molecular weight is 316 g/mol. The molecule has 1 rings (SSSR count). The maximum Gasteiger partial charge on any atom is 0.180 e. The molecule has 0 N–H and O–H groups in total. The summed E-state index contributed by atoms with van der Waals surface area (Å²) in [5.74, 6) is 0.0257. The van der Waals surface area contributed by atoms with Gasteiger partial charge < -0.3 is 9.47 Å². The zero-order valence-corrected chi connectivity index (χ0v) is 12.0.